The summed E-state index contributed by atoms with van der Waals surface area (Å²) in [5.74, 6) is 0.439. The zero-order valence-electron chi connectivity index (χ0n) is 26.3. The molecule has 3 aromatic heterocycles. The topological polar surface area (TPSA) is 102 Å². The van der Waals surface area contributed by atoms with E-state index < -0.39 is 0 Å². The number of hydrogen-bond acceptors (Lipinski definition) is 6. The Labute approximate surface area is 290 Å². The van der Waals surface area contributed by atoms with Crippen LogP contribution in [0.3, 0.4) is 0 Å². The number of benzene rings is 6. The molecule has 0 radical (unpaired) electrons. The number of fused-ring (bicyclic) bond motifs is 6. The van der Waals surface area contributed by atoms with Gasteiger partial charge >= 0.3 is 0 Å². The van der Waals surface area contributed by atoms with E-state index in [1.54, 1.807) is 23.5 Å². The summed E-state index contributed by atoms with van der Waals surface area (Å²) in [7, 11) is 0. The molecule has 0 aliphatic carbocycles. The zero-order valence-corrected chi connectivity index (χ0v) is 27.1. The highest BCUT2D eigenvalue weighted by Crippen LogP contribution is 2.42. The maximum Gasteiger partial charge on any atom is 0.160 e. The summed E-state index contributed by atoms with van der Waals surface area (Å²) in [5, 5.41) is 36.4. The number of para-hydroxylation sites is 1. The van der Waals surface area contributed by atoms with Gasteiger partial charge in [-0.25, -0.2) is 9.97 Å². The number of nitriles is 3. The number of rotatable bonds is 4. The molecule has 0 atom stereocenters. The van der Waals surface area contributed by atoms with Crippen molar-refractivity contribution in [1.82, 2.24) is 14.5 Å². The van der Waals surface area contributed by atoms with E-state index in [-0.39, 0.29) is 5.56 Å². The normalized spacial score (nSPS) is 11.1. The smallest absolute Gasteiger partial charge is 0.160 e. The van der Waals surface area contributed by atoms with Gasteiger partial charge < -0.3 is 4.57 Å². The number of aromatic nitrogens is 3. The van der Waals surface area contributed by atoms with Gasteiger partial charge in [0.25, 0.3) is 0 Å². The molecule has 6 aromatic carbocycles. The van der Waals surface area contributed by atoms with Crippen molar-refractivity contribution in [2.24, 2.45) is 0 Å². The second kappa shape index (κ2) is 11.5. The molecule has 0 fully saturated rings. The minimum absolute atomic E-state index is 0.264. The zero-order chi connectivity index (χ0) is 33.8. The fourth-order valence-corrected chi connectivity index (χ4v) is 8.03. The Kier molecular flexibility index (Phi) is 6.71. The highest BCUT2D eigenvalue weighted by atomic mass is 32.1. The Morgan fingerprint density at radius 3 is 1.76 bits per heavy atom. The van der Waals surface area contributed by atoms with Crippen LogP contribution in [0, 0.1) is 34.0 Å². The van der Waals surface area contributed by atoms with E-state index in [4.69, 9.17) is 9.97 Å². The summed E-state index contributed by atoms with van der Waals surface area (Å²) >= 11 is 1.76. The molecule has 0 amide bonds. The molecule has 0 bridgehead atoms. The highest BCUT2D eigenvalue weighted by molar-refractivity contribution is 7.25. The van der Waals surface area contributed by atoms with Gasteiger partial charge in [-0.2, -0.15) is 15.8 Å². The van der Waals surface area contributed by atoms with E-state index in [1.807, 2.05) is 95.6 Å². The maximum atomic E-state index is 10.8. The van der Waals surface area contributed by atoms with Crippen LogP contribution in [0.2, 0.25) is 0 Å². The van der Waals surface area contributed by atoms with Gasteiger partial charge in [0.1, 0.15) is 23.8 Å². The van der Waals surface area contributed by atoms with Crippen molar-refractivity contribution in [1.29, 1.82) is 15.8 Å². The van der Waals surface area contributed by atoms with Gasteiger partial charge in [0.15, 0.2) is 5.82 Å². The fourth-order valence-electron chi connectivity index (χ4n) is 6.91. The summed E-state index contributed by atoms with van der Waals surface area (Å²) in [4.78, 5) is 9.77. The lowest BCUT2D eigenvalue weighted by molar-refractivity contribution is 1.15. The van der Waals surface area contributed by atoms with Crippen molar-refractivity contribution in [3.63, 3.8) is 0 Å². The van der Waals surface area contributed by atoms with E-state index in [0.29, 0.717) is 39.6 Å². The number of thiophene rings is 1. The maximum absolute atomic E-state index is 10.8. The first-order valence-corrected chi connectivity index (χ1v) is 16.7. The minimum atomic E-state index is 0.264. The van der Waals surface area contributed by atoms with Gasteiger partial charge in [-0.1, -0.05) is 97.1 Å². The summed E-state index contributed by atoms with van der Waals surface area (Å²) in [6, 6.07) is 50.5. The molecule has 0 saturated heterocycles. The van der Waals surface area contributed by atoms with E-state index >= 15 is 0 Å². The number of nitrogens with zero attached hydrogens (tertiary/aromatic N) is 6. The van der Waals surface area contributed by atoms with Crippen molar-refractivity contribution in [2.75, 3.05) is 0 Å². The van der Waals surface area contributed by atoms with Gasteiger partial charge in [-0.3, -0.25) is 0 Å². The molecule has 7 heteroatoms. The molecule has 3 heterocycles. The monoisotopic (exact) mass is 654 g/mol. The van der Waals surface area contributed by atoms with Crippen LogP contribution in [-0.4, -0.2) is 14.5 Å². The summed E-state index contributed by atoms with van der Waals surface area (Å²) in [6.45, 7) is 0. The van der Waals surface area contributed by atoms with Crippen molar-refractivity contribution < 1.29 is 0 Å². The quantitative estimate of drug-likeness (QED) is 0.188. The molecule has 9 aromatic rings. The molecule has 50 heavy (non-hydrogen) atoms. The second-order valence-corrected chi connectivity index (χ2v) is 13.0. The third-order valence-corrected chi connectivity index (χ3v) is 10.3. The Morgan fingerprint density at radius 1 is 0.480 bits per heavy atom. The second-order valence-electron chi connectivity index (χ2n) is 11.9. The van der Waals surface area contributed by atoms with Gasteiger partial charge in [-0.15, -0.1) is 11.3 Å². The van der Waals surface area contributed by atoms with E-state index in [1.165, 1.54) is 14.8 Å². The summed E-state index contributed by atoms with van der Waals surface area (Å²) in [5.41, 5.74) is 6.00. The summed E-state index contributed by atoms with van der Waals surface area (Å²) < 4.78 is 4.41. The van der Waals surface area contributed by atoms with Crippen molar-refractivity contribution in [3.8, 4) is 57.8 Å². The summed E-state index contributed by atoms with van der Waals surface area (Å²) in [6.07, 6.45) is 0. The average Bonchev–Trinajstić information content (AvgIpc) is 3.71. The van der Waals surface area contributed by atoms with Crippen LogP contribution in [-0.2, 0) is 0 Å². The molecular weight excluding hydrogens is 633 g/mol. The lowest BCUT2D eigenvalue weighted by atomic mass is 9.96. The van der Waals surface area contributed by atoms with Crippen LogP contribution >= 0.6 is 11.3 Å². The molecule has 6 nitrogen and oxygen atoms in total. The molecule has 0 N–H and O–H groups in total. The van der Waals surface area contributed by atoms with Gasteiger partial charge in [0.05, 0.1) is 39.2 Å². The molecular formula is C43H22N6S. The van der Waals surface area contributed by atoms with E-state index in [2.05, 4.69) is 48.5 Å². The first kappa shape index (κ1) is 29.1. The lowest BCUT2D eigenvalue weighted by Gasteiger charge is -2.16. The molecule has 0 aliphatic heterocycles. The van der Waals surface area contributed by atoms with E-state index in [9.17, 15) is 15.8 Å². The molecule has 0 unspecified atom stereocenters. The van der Waals surface area contributed by atoms with Gasteiger partial charge in [0, 0.05) is 47.6 Å². The molecule has 0 spiro atoms. The predicted molar refractivity (Wildman–Crippen MR) is 200 cm³/mol. The average molecular weight is 655 g/mol. The Morgan fingerprint density at radius 2 is 1.08 bits per heavy atom. The van der Waals surface area contributed by atoms with Crippen molar-refractivity contribution in [2.45, 2.75) is 0 Å². The Hall–Kier alpha value is -7.11. The molecule has 0 saturated carbocycles. The van der Waals surface area contributed by atoms with Crippen molar-refractivity contribution >= 4 is 53.3 Å². The first-order chi connectivity index (χ1) is 24.7. The third kappa shape index (κ3) is 4.45. The van der Waals surface area contributed by atoms with Crippen LogP contribution in [0.5, 0.6) is 0 Å². The largest absolute Gasteiger partial charge is 0.307 e. The number of hydrogen-bond donors (Lipinski definition) is 0. The fraction of sp³-hybridized carbons (Fsp3) is 0. The van der Waals surface area contributed by atoms with Gasteiger partial charge in [0.2, 0.25) is 0 Å². The van der Waals surface area contributed by atoms with Crippen molar-refractivity contribution in [3.05, 3.63) is 150 Å². The molecule has 230 valence electrons. The van der Waals surface area contributed by atoms with Crippen LogP contribution in [0.15, 0.2) is 133 Å². The van der Waals surface area contributed by atoms with Gasteiger partial charge in [-0.05, 0) is 36.4 Å². The Bertz CT molecular complexity index is 2920. The predicted octanol–water partition coefficient (Wildman–Crippen LogP) is 10.6. The molecule has 9 rings (SSSR count). The molecule has 0 aliphatic rings. The first-order valence-electron chi connectivity index (χ1n) is 15.9. The standard InChI is InChI=1S/C43H22N6S/c44-23-29-19-28(41-35(25-46)40(26-11-3-1-4-12-26)47-43(48-41)27-13-5-2-6-14-27)20-30(24-45)42(29)49-36-17-9-7-15-31(36)33-22-39-34(21-37(33)49)32-16-8-10-18-38(32)50-39/h1-22H. The van der Waals surface area contributed by atoms with Crippen LogP contribution in [0.25, 0.3) is 81.6 Å². The minimum Gasteiger partial charge on any atom is -0.307 e. The van der Waals surface area contributed by atoms with E-state index in [0.717, 1.165) is 38.3 Å². The lowest BCUT2D eigenvalue weighted by Crippen LogP contribution is -2.05. The van der Waals surface area contributed by atoms with Crippen LogP contribution < -0.4 is 0 Å². The third-order valence-electron chi connectivity index (χ3n) is 9.12. The SMILES string of the molecule is N#Cc1cc(-c2nc(-c3ccccc3)nc(-c3ccccc3)c2C#N)cc(C#N)c1-n1c2ccccc2c2cc3sc4ccccc4c3cc21. The Balaban J connectivity index is 1.34. The van der Waals surface area contributed by atoms with Crippen LogP contribution in [0.4, 0.5) is 0 Å². The van der Waals surface area contributed by atoms with Crippen LogP contribution in [0.1, 0.15) is 16.7 Å². The highest BCUT2D eigenvalue weighted by Gasteiger charge is 2.24.